The second kappa shape index (κ2) is 6.50. The van der Waals surface area contributed by atoms with Crippen LogP contribution in [0.2, 0.25) is 5.02 Å². The molecule has 0 saturated carbocycles. The van der Waals surface area contributed by atoms with Gasteiger partial charge in [0.25, 0.3) is 5.56 Å². The fourth-order valence-electron chi connectivity index (χ4n) is 3.04. The summed E-state index contributed by atoms with van der Waals surface area (Å²) in [4.78, 5) is 21.3. The van der Waals surface area contributed by atoms with Gasteiger partial charge in [0, 0.05) is 23.0 Å². The maximum Gasteiger partial charge on any atom is 0.283 e. The second-order valence-electron chi connectivity index (χ2n) is 6.21. The molecule has 0 aliphatic rings. The van der Waals surface area contributed by atoms with Gasteiger partial charge in [-0.25, -0.2) is 4.98 Å². The molecule has 0 radical (unpaired) electrons. The summed E-state index contributed by atoms with van der Waals surface area (Å²) >= 11 is 5.96. The van der Waals surface area contributed by atoms with Gasteiger partial charge in [-0.1, -0.05) is 29.8 Å². The van der Waals surface area contributed by atoms with E-state index < -0.39 is 0 Å². The molecule has 136 valence electrons. The van der Waals surface area contributed by atoms with Gasteiger partial charge in [-0.15, -0.1) is 10.2 Å². The molecular weight excluding hydrogens is 378 g/mol. The molecular formula is C19H12ClN7O. The number of fused-ring (bicyclic) bond motifs is 3. The van der Waals surface area contributed by atoms with Crippen LogP contribution in [0.15, 0.2) is 66.1 Å². The SMILES string of the molecule is O=c1c2nnc3c(-c4ccc(Cl)cc4)cnn3c2ncn1Cc1cccnc1. The van der Waals surface area contributed by atoms with Crippen LogP contribution in [0.1, 0.15) is 5.56 Å². The molecule has 0 unspecified atom stereocenters. The van der Waals surface area contributed by atoms with Crippen LogP contribution in [-0.4, -0.2) is 34.3 Å². The minimum absolute atomic E-state index is 0.157. The lowest BCUT2D eigenvalue weighted by molar-refractivity contribution is 0.734. The highest BCUT2D eigenvalue weighted by atomic mass is 35.5. The number of benzene rings is 1. The Labute approximate surface area is 163 Å². The van der Waals surface area contributed by atoms with E-state index in [9.17, 15) is 4.79 Å². The predicted molar refractivity (Wildman–Crippen MR) is 104 cm³/mol. The van der Waals surface area contributed by atoms with Crippen LogP contribution in [0.3, 0.4) is 0 Å². The van der Waals surface area contributed by atoms with Crippen molar-refractivity contribution in [2.24, 2.45) is 0 Å². The number of rotatable bonds is 3. The molecule has 0 atom stereocenters. The van der Waals surface area contributed by atoms with Crippen LogP contribution in [0.25, 0.3) is 27.9 Å². The molecule has 0 amide bonds. The summed E-state index contributed by atoms with van der Waals surface area (Å²) in [6.07, 6.45) is 6.55. The van der Waals surface area contributed by atoms with Gasteiger partial charge >= 0.3 is 0 Å². The number of nitrogens with zero attached hydrogens (tertiary/aromatic N) is 7. The van der Waals surface area contributed by atoms with Gasteiger partial charge in [-0.3, -0.25) is 14.3 Å². The van der Waals surface area contributed by atoms with E-state index in [4.69, 9.17) is 11.6 Å². The fourth-order valence-corrected chi connectivity index (χ4v) is 3.16. The number of hydrogen-bond acceptors (Lipinski definition) is 6. The Morgan fingerprint density at radius 3 is 2.64 bits per heavy atom. The molecule has 4 aromatic heterocycles. The molecule has 8 nitrogen and oxygen atoms in total. The molecule has 0 aliphatic heterocycles. The van der Waals surface area contributed by atoms with E-state index in [1.807, 2.05) is 24.3 Å². The summed E-state index contributed by atoms with van der Waals surface area (Å²) in [7, 11) is 0. The van der Waals surface area contributed by atoms with E-state index in [1.165, 1.54) is 15.4 Å². The average molecular weight is 390 g/mol. The molecule has 1 aromatic carbocycles. The summed E-state index contributed by atoms with van der Waals surface area (Å²) in [6, 6.07) is 11.1. The zero-order valence-electron chi connectivity index (χ0n) is 14.4. The molecule has 0 N–H and O–H groups in total. The first-order valence-electron chi connectivity index (χ1n) is 8.45. The van der Waals surface area contributed by atoms with Gasteiger partial charge in [0.15, 0.2) is 16.8 Å². The Kier molecular flexibility index (Phi) is 3.84. The molecule has 4 heterocycles. The van der Waals surface area contributed by atoms with Crippen molar-refractivity contribution in [2.75, 3.05) is 0 Å². The Balaban J connectivity index is 1.64. The van der Waals surface area contributed by atoms with Crippen LogP contribution in [0.5, 0.6) is 0 Å². The Morgan fingerprint density at radius 2 is 1.86 bits per heavy atom. The molecule has 28 heavy (non-hydrogen) atoms. The maximum atomic E-state index is 12.8. The number of pyridine rings is 1. The van der Waals surface area contributed by atoms with Crippen LogP contribution >= 0.6 is 11.6 Å². The van der Waals surface area contributed by atoms with Crippen LogP contribution in [-0.2, 0) is 6.54 Å². The van der Waals surface area contributed by atoms with Crippen molar-refractivity contribution in [3.63, 3.8) is 0 Å². The van der Waals surface area contributed by atoms with Gasteiger partial charge in [-0.05, 0) is 29.3 Å². The first-order chi connectivity index (χ1) is 13.7. The number of hydrogen-bond donors (Lipinski definition) is 0. The number of halogens is 1. The van der Waals surface area contributed by atoms with E-state index in [-0.39, 0.29) is 11.1 Å². The third kappa shape index (κ3) is 2.71. The van der Waals surface area contributed by atoms with Crippen molar-refractivity contribution < 1.29 is 0 Å². The van der Waals surface area contributed by atoms with E-state index in [1.54, 1.807) is 30.7 Å². The van der Waals surface area contributed by atoms with E-state index in [0.29, 0.717) is 22.9 Å². The lowest BCUT2D eigenvalue weighted by Crippen LogP contribution is -2.23. The molecule has 5 aromatic rings. The second-order valence-corrected chi connectivity index (χ2v) is 6.65. The standard InChI is InChI=1S/C19H12ClN7O/c20-14-5-3-13(4-6-14)15-9-23-27-17(15)25-24-16-18(27)22-11-26(19(16)28)10-12-2-1-7-21-8-12/h1-9,11H,10H2. The molecule has 0 bridgehead atoms. The van der Waals surface area contributed by atoms with E-state index >= 15 is 0 Å². The lowest BCUT2D eigenvalue weighted by atomic mass is 10.1. The third-order valence-electron chi connectivity index (χ3n) is 4.41. The minimum atomic E-state index is -0.285. The van der Waals surface area contributed by atoms with Gasteiger partial charge in [0.2, 0.25) is 0 Å². The largest absolute Gasteiger partial charge is 0.293 e. The van der Waals surface area contributed by atoms with Crippen molar-refractivity contribution in [1.82, 2.24) is 34.3 Å². The summed E-state index contributed by atoms with van der Waals surface area (Å²) < 4.78 is 3.01. The number of aromatic nitrogens is 7. The smallest absolute Gasteiger partial charge is 0.283 e. The first-order valence-corrected chi connectivity index (χ1v) is 8.83. The van der Waals surface area contributed by atoms with Gasteiger partial charge in [0.1, 0.15) is 6.33 Å². The highest BCUT2D eigenvalue weighted by Crippen LogP contribution is 2.25. The maximum absolute atomic E-state index is 12.8. The highest BCUT2D eigenvalue weighted by molar-refractivity contribution is 6.30. The van der Waals surface area contributed by atoms with Gasteiger partial charge in [0.05, 0.1) is 12.7 Å². The Bertz CT molecular complexity index is 1360. The normalized spacial score (nSPS) is 11.3. The molecule has 0 aliphatic carbocycles. The van der Waals surface area contributed by atoms with Crippen molar-refractivity contribution in [3.05, 3.63) is 82.3 Å². The zero-order chi connectivity index (χ0) is 19.1. The summed E-state index contributed by atoms with van der Waals surface area (Å²) in [5, 5.41) is 13.4. The highest BCUT2D eigenvalue weighted by Gasteiger charge is 2.15. The molecule has 0 fully saturated rings. The van der Waals surface area contributed by atoms with Crippen LogP contribution in [0, 0.1) is 0 Å². The average Bonchev–Trinajstić information content (AvgIpc) is 3.16. The molecule has 0 saturated heterocycles. The topological polar surface area (TPSA) is 90.9 Å². The summed E-state index contributed by atoms with van der Waals surface area (Å²) in [5.74, 6) is 0. The van der Waals surface area contributed by atoms with Gasteiger partial charge < -0.3 is 0 Å². The Hall–Kier alpha value is -3.65. The Morgan fingerprint density at radius 1 is 1.00 bits per heavy atom. The molecule has 0 spiro atoms. The first kappa shape index (κ1) is 16.5. The van der Waals surface area contributed by atoms with Crippen LogP contribution in [0.4, 0.5) is 0 Å². The quantitative estimate of drug-likeness (QED) is 0.471. The van der Waals surface area contributed by atoms with E-state index in [0.717, 1.165) is 16.7 Å². The van der Waals surface area contributed by atoms with Crippen LogP contribution < -0.4 is 5.56 Å². The zero-order valence-corrected chi connectivity index (χ0v) is 15.2. The fraction of sp³-hybridized carbons (Fsp3) is 0.0526. The summed E-state index contributed by atoms with van der Waals surface area (Å²) in [6.45, 7) is 0.352. The summed E-state index contributed by atoms with van der Waals surface area (Å²) in [5.41, 5.74) is 3.33. The minimum Gasteiger partial charge on any atom is -0.293 e. The van der Waals surface area contributed by atoms with Crippen molar-refractivity contribution in [2.45, 2.75) is 6.54 Å². The third-order valence-corrected chi connectivity index (χ3v) is 4.67. The van der Waals surface area contributed by atoms with Crippen molar-refractivity contribution in [3.8, 4) is 11.1 Å². The van der Waals surface area contributed by atoms with E-state index in [2.05, 4.69) is 25.3 Å². The van der Waals surface area contributed by atoms with Crippen molar-refractivity contribution >= 4 is 28.4 Å². The lowest BCUT2D eigenvalue weighted by Gasteiger charge is -2.06. The van der Waals surface area contributed by atoms with Gasteiger partial charge in [-0.2, -0.15) is 9.61 Å². The predicted octanol–water partition coefficient (Wildman–Crippen LogP) is 2.60. The molecule has 5 rings (SSSR count). The van der Waals surface area contributed by atoms with Crippen molar-refractivity contribution in [1.29, 1.82) is 0 Å². The molecule has 9 heteroatoms. The monoisotopic (exact) mass is 389 g/mol.